The minimum atomic E-state index is 0.0213. The Morgan fingerprint density at radius 1 is 1.24 bits per heavy atom. The van der Waals surface area contributed by atoms with Gasteiger partial charge in [-0.1, -0.05) is 29.8 Å². The first-order valence-electron chi connectivity index (χ1n) is 5.27. The van der Waals surface area contributed by atoms with Gasteiger partial charge in [-0.15, -0.1) is 11.6 Å². The van der Waals surface area contributed by atoms with E-state index in [1.807, 2.05) is 12.1 Å². The number of ether oxygens (including phenoxy) is 1. The molecular formula is C12H12Br3ClO. The van der Waals surface area contributed by atoms with Gasteiger partial charge in [0.15, 0.2) is 0 Å². The topological polar surface area (TPSA) is 9.23 Å². The van der Waals surface area contributed by atoms with Gasteiger partial charge in [0.2, 0.25) is 0 Å². The average Bonchev–Trinajstić information content (AvgIpc) is 2.21. The third kappa shape index (κ3) is 2.70. The fourth-order valence-electron chi connectivity index (χ4n) is 1.82. The van der Waals surface area contributed by atoms with E-state index in [0.29, 0.717) is 0 Å². The Hall–Kier alpha value is 0.750. The molecule has 0 saturated heterocycles. The lowest BCUT2D eigenvalue weighted by molar-refractivity contribution is -0.0140. The van der Waals surface area contributed by atoms with E-state index in [4.69, 9.17) is 16.3 Å². The van der Waals surface area contributed by atoms with Crippen molar-refractivity contribution < 1.29 is 4.74 Å². The summed E-state index contributed by atoms with van der Waals surface area (Å²) in [5, 5.41) is 0.195. The van der Waals surface area contributed by atoms with E-state index >= 15 is 0 Å². The minimum absolute atomic E-state index is 0.0213. The number of halogens is 4. The van der Waals surface area contributed by atoms with E-state index in [0.717, 1.165) is 25.6 Å². The first kappa shape index (κ1) is 14.2. The van der Waals surface area contributed by atoms with E-state index in [9.17, 15) is 0 Å². The van der Waals surface area contributed by atoms with Gasteiger partial charge in [-0.05, 0) is 44.0 Å². The second kappa shape index (κ2) is 5.03. The highest BCUT2D eigenvalue weighted by molar-refractivity contribution is 9.11. The second-order valence-corrected chi connectivity index (χ2v) is 7.98. The molecule has 0 aromatic heterocycles. The van der Waals surface area contributed by atoms with E-state index < -0.39 is 0 Å². The molecule has 0 N–H and O–H groups in total. The normalized spacial score (nSPS) is 26.5. The molecule has 1 nitrogen and oxygen atoms in total. The molecule has 0 radical (unpaired) electrons. The molecule has 2 unspecified atom stereocenters. The number of hydrogen-bond acceptors (Lipinski definition) is 1. The number of hydrogen-bond donors (Lipinski definition) is 0. The van der Waals surface area contributed by atoms with Gasteiger partial charge in [0.1, 0.15) is 11.9 Å². The molecule has 1 aliphatic rings. The third-order valence-electron chi connectivity index (χ3n) is 3.28. The fraction of sp³-hybridized carbons (Fsp3) is 0.500. The van der Waals surface area contributed by atoms with Crippen molar-refractivity contribution >= 4 is 59.4 Å². The highest BCUT2D eigenvalue weighted by Gasteiger charge is 2.49. The van der Waals surface area contributed by atoms with Crippen molar-refractivity contribution in [1.82, 2.24) is 0 Å². The molecule has 17 heavy (non-hydrogen) atoms. The Kier molecular flexibility index (Phi) is 4.19. The fourth-order valence-corrected chi connectivity index (χ4v) is 4.57. The quantitative estimate of drug-likeness (QED) is 0.524. The number of rotatable bonds is 2. The Bertz CT molecular complexity index is 424. The van der Waals surface area contributed by atoms with Crippen LogP contribution < -0.4 is 4.74 Å². The van der Waals surface area contributed by atoms with Crippen molar-refractivity contribution in [3.05, 3.63) is 25.6 Å². The predicted molar refractivity (Wildman–Crippen MR) is 82.0 cm³/mol. The van der Waals surface area contributed by atoms with Crippen LogP contribution in [0.3, 0.4) is 0 Å². The Labute approximate surface area is 132 Å². The molecule has 5 heteroatoms. The van der Waals surface area contributed by atoms with Gasteiger partial charge in [-0.25, -0.2) is 0 Å². The largest absolute Gasteiger partial charge is 0.487 e. The Morgan fingerprint density at radius 2 is 1.76 bits per heavy atom. The maximum atomic E-state index is 6.20. The molecule has 1 aromatic carbocycles. The van der Waals surface area contributed by atoms with Crippen LogP contribution in [0.15, 0.2) is 25.6 Å². The molecule has 1 fully saturated rings. The van der Waals surface area contributed by atoms with Crippen LogP contribution in [0.2, 0.25) is 0 Å². The molecule has 0 spiro atoms. The van der Waals surface area contributed by atoms with Crippen molar-refractivity contribution in [3.63, 3.8) is 0 Å². The Balaban J connectivity index is 2.21. The maximum absolute atomic E-state index is 6.20. The lowest BCUT2D eigenvalue weighted by Gasteiger charge is -2.48. The SMILES string of the molecule is CC1(C)C(Cl)CC1Oc1c(Br)cc(Br)cc1Br. The van der Waals surface area contributed by atoms with Crippen LogP contribution in [-0.4, -0.2) is 11.5 Å². The summed E-state index contributed by atoms with van der Waals surface area (Å²) in [5.74, 6) is 0.842. The zero-order chi connectivity index (χ0) is 12.8. The van der Waals surface area contributed by atoms with Crippen LogP contribution >= 0.6 is 59.4 Å². The summed E-state index contributed by atoms with van der Waals surface area (Å²) in [4.78, 5) is 0. The van der Waals surface area contributed by atoms with Crippen molar-refractivity contribution in [1.29, 1.82) is 0 Å². The van der Waals surface area contributed by atoms with Crippen LogP contribution in [0.25, 0.3) is 0 Å². The minimum Gasteiger partial charge on any atom is -0.487 e. The standard InChI is InChI=1S/C12H12Br3ClO/c1-12(2)9(16)5-10(12)17-11-7(14)3-6(13)4-8(11)15/h3-4,9-10H,5H2,1-2H3. The maximum Gasteiger partial charge on any atom is 0.148 e. The van der Waals surface area contributed by atoms with E-state index in [1.165, 1.54) is 0 Å². The third-order valence-corrected chi connectivity index (χ3v) is 5.66. The summed E-state index contributed by atoms with van der Waals surface area (Å²) in [6, 6.07) is 3.95. The lowest BCUT2D eigenvalue weighted by atomic mass is 9.68. The molecule has 2 atom stereocenters. The van der Waals surface area contributed by atoms with Gasteiger partial charge < -0.3 is 4.74 Å². The van der Waals surface area contributed by atoms with E-state index in [1.54, 1.807) is 0 Å². The summed E-state index contributed by atoms with van der Waals surface area (Å²) in [6.07, 6.45) is 1.06. The molecule has 94 valence electrons. The zero-order valence-electron chi connectivity index (χ0n) is 9.44. The van der Waals surface area contributed by atoms with Crippen LogP contribution in [0.4, 0.5) is 0 Å². The van der Waals surface area contributed by atoms with Gasteiger partial charge in [-0.2, -0.15) is 0 Å². The summed E-state index contributed by atoms with van der Waals surface area (Å²) in [5.41, 5.74) is 0.0213. The average molecular weight is 447 g/mol. The molecular weight excluding hydrogens is 435 g/mol. The van der Waals surface area contributed by atoms with Crippen molar-refractivity contribution in [2.45, 2.75) is 31.7 Å². The molecule has 1 aliphatic carbocycles. The van der Waals surface area contributed by atoms with Crippen molar-refractivity contribution in [3.8, 4) is 5.75 Å². The molecule has 0 amide bonds. The summed E-state index contributed by atoms with van der Waals surface area (Å²) in [7, 11) is 0. The smallest absolute Gasteiger partial charge is 0.148 e. The van der Waals surface area contributed by atoms with Gasteiger partial charge in [0, 0.05) is 21.7 Å². The zero-order valence-corrected chi connectivity index (χ0v) is 15.0. The Morgan fingerprint density at radius 3 is 2.18 bits per heavy atom. The van der Waals surface area contributed by atoms with Crippen LogP contribution in [0.5, 0.6) is 5.75 Å². The van der Waals surface area contributed by atoms with Crippen LogP contribution in [0.1, 0.15) is 20.3 Å². The first-order chi connectivity index (χ1) is 7.82. The van der Waals surface area contributed by atoms with Gasteiger partial charge >= 0.3 is 0 Å². The molecule has 0 aliphatic heterocycles. The highest BCUT2D eigenvalue weighted by atomic mass is 79.9. The number of alkyl halides is 1. The molecule has 1 saturated carbocycles. The monoisotopic (exact) mass is 444 g/mol. The van der Waals surface area contributed by atoms with Crippen molar-refractivity contribution in [2.24, 2.45) is 5.41 Å². The second-order valence-electron chi connectivity index (χ2n) is 4.83. The van der Waals surface area contributed by atoms with Gasteiger partial charge in [0.05, 0.1) is 8.95 Å². The summed E-state index contributed by atoms with van der Waals surface area (Å²) in [6.45, 7) is 4.28. The molecule has 0 heterocycles. The van der Waals surface area contributed by atoms with E-state index in [-0.39, 0.29) is 16.9 Å². The summed E-state index contributed by atoms with van der Waals surface area (Å²) < 4.78 is 8.93. The molecule has 1 aromatic rings. The highest BCUT2D eigenvalue weighted by Crippen LogP contribution is 2.48. The number of benzene rings is 1. The molecule has 0 bridgehead atoms. The van der Waals surface area contributed by atoms with Gasteiger partial charge in [-0.3, -0.25) is 0 Å². The summed E-state index contributed by atoms with van der Waals surface area (Å²) >= 11 is 16.7. The van der Waals surface area contributed by atoms with Gasteiger partial charge in [0.25, 0.3) is 0 Å². The van der Waals surface area contributed by atoms with Crippen LogP contribution in [-0.2, 0) is 0 Å². The van der Waals surface area contributed by atoms with E-state index in [2.05, 4.69) is 61.6 Å². The lowest BCUT2D eigenvalue weighted by Crippen LogP contribution is -2.53. The van der Waals surface area contributed by atoms with Crippen LogP contribution in [0, 0.1) is 5.41 Å². The first-order valence-corrected chi connectivity index (χ1v) is 8.09. The predicted octanol–water partition coefficient (Wildman–Crippen LogP) is 5.76. The molecule has 2 rings (SSSR count). The van der Waals surface area contributed by atoms with Crippen molar-refractivity contribution in [2.75, 3.05) is 0 Å².